The van der Waals surface area contributed by atoms with E-state index in [9.17, 15) is 13.2 Å². The largest absolute Gasteiger partial charge is 0.478 e. The molecular weight excluding hydrogens is 266 g/mol. The Kier molecular flexibility index (Phi) is 5.72. The molecule has 0 aliphatic carbocycles. The number of hydrogen-bond acceptors (Lipinski definition) is 3. The standard InChI is InChI=1S/C13H17NO4S/c1-2-3-4-9-19(17,18)14-10-11-5-7-12(8-6-11)13(15)16/h2,5-8,14H,1,3-4,9-10H2,(H,15,16). The Morgan fingerprint density at radius 2 is 1.95 bits per heavy atom. The fraction of sp³-hybridized carbons (Fsp3) is 0.308. The molecule has 0 saturated heterocycles. The Morgan fingerprint density at radius 1 is 1.32 bits per heavy atom. The van der Waals surface area contributed by atoms with E-state index in [-0.39, 0.29) is 17.9 Å². The van der Waals surface area contributed by atoms with Crippen molar-refractivity contribution in [3.63, 3.8) is 0 Å². The minimum Gasteiger partial charge on any atom is -0.478 e. The van der Waals surface area contributed by atoms with Crippen LogP contribution in [0.3, 0.4) is 0 Å². The van der Waals surface area contributed by atoms with Crippen LogP contribution in [0.1, 0.15) is 28.8 Å². The minimum atomic E-state index is -3.29. The van der Waals surface area contributed by atoms with Crippen LogP contribution < -0.4 is 4.72 Å². The van der Waals surface area contributed by atoms with Crippen molar-refractivity contribution in [3.05, 3.63) is 48.0 Å². The molecule has 0 atom stereocenters. The number of carboxylic acids is 1. The highest BCUT2D eigenvalue weighted by atomic mass is 32.2. The number of hydrogen-bond donors (Lipinski definition) is 2. The number of allylic oxidation sites excluding steroid dienone is 1. The van der Waals surface area contributed by atoms with Gasteiger partial charge in [0.1, 0.15) is 0 Å². The van der Waals surface area contributed by atoms with E-state index < -0.39 is 16.0 Å². The molecule has 1 aromatic rings. The molecule has 0 saturated carbocycles. The first kappa shape index (κ1) is 15.4. The van der Waals surface area contributed by atoms with Gasteiger partial charge in [0.05, 0.1) is 11.3 Å². The van der Waals surface area contributed by atoms with Crippen molar-refractivity contribution in [3.8, 4) is 0 Å². The maximum absolute atomic E-state index is 11.6. The number of benzene rings is 1. The van der Waals surface area contributed by atoms with Gasteiger partial charge in [-0.15, -0.1) is 6.58 Å². The third-order valence-electron chi connectivity index (χ3n) is 2.52. The summed E-state index contributed by atoms with van der Waals surface area (Å²) in [7, 11) is -3.29. The average Bonchev–Trinajstić information content (AvgIpc) is 2.37. The monoisotopic (exact) mass is 283 g/mol. The van der Waals surface area contributed by atoms with Crippen LogP contribution in [0.5, 0.6) is 0 Å². The van der Waals surface area contributed by atoms with Crippen molar-refractivity contribution in [2.75, 3.05) is 5.75 Å². The molecule has 6 heteroatoms. The Labute approximate surface area is 113 Å². The number of carboxylic acid groups (broad SMARTS) is 1. The maximum atomic E-state index is 11.6. The number of sulfonamides is 1. The van der Waals surface area contributed by atoms with Gasteiger partial charge in [-0.1, -0.05) is 18.2 Å². The predicted octanol–water partition coefficient (Wildman–Crippen LogP) is 1.77. The summed E-state index contributed by atoms with van der Waals surface area (Å²) in [5, 5.41) is 8.74. The van der Waals surface area contributed by atoms with Crippen LogP contribution in [0, 0.1) is 0 Å². The highest BCUT2D eigenvalue weighted by molar-refractivity contribution is 7.89. The maximum Gasteiger partial charge on any atom is 0.335 e. The molecule has 0 aromatic heterocycles. The number of rotatable bonds is 8. The van der Waals surface area contributed by atoms with E-state index in [2.05, 4.69) is 11.3 Å². The molecule has 1 rings (SSSR count). The SMILES string of the molecule is C=CCCCS(=O)(=O)NCc1ccc(C(=O)O)cc1. The van der Waals surface area contributed by atoms with Gasteiger partial charge in [0.15, 0.2) is 0 Å². The van der Waals surface area contributed by atoms with Gasteiger partial charge >= 0.3 is 5.97 Å². The molecule has 1 aromatic carbocycles. The van der Waals surface area contributed by atoms with E-state index in [1.54, 1.807) is 18.2 Å². The lowest BCUT2D eigenvalue weighted by atomic mass is 10.1. The molecule has 0 heterocycles. The van der Waals surface area contributed by atoms with Gasteiger partial charge in [0.2, 0.25) is 10.0 Å². The van der Waals surface area contributed by atoms with E-state index in [0.29, 0.717) is 12.8 Å². The zero-order chi connectivity index (χ0) is 14.3. The molecule has 0 aliphatic heterocycles. The first-order valence-corrected chi connectivity index (χ1v) is 7.50. The summed E-state index contributed by atoms with van der Waals surface area (Å²) in [6.07, 6.45) is 2.88. The normalized spacial score (nSPS) is 11.2. The van der Waals surface area contributed by atoms with Gasteiger partial charge < -0.3 is 5.11 Å². The molecule has 0 bridgehead atoms. The summed E-state index contributed by atoms with van der Waals surface area (Å²) in [6.45, 7) is 3.70. The van der Waals surface area contributed by atoms with E-state index in [4.69, 9.17) is 5.11 Å². The molecular formula is C13H17NO4S. The highest BCUT2D eigenvalue weighted by Gasteiger charge is 2.09. The van der Waals surface area contributed by atoms with Crippen LogP contribution in [0.4, 0.5) is 0 Å². The molecule has 0 radical (unpaired) electrons. The van der Waals surface area contributed by atoms with Crippen LogP contribution in [0.25, 0.3) is 0 Å². The van der Waals surface area contributed by atoms with Gasteiger partial charge in [-0.2, -0.15) is 0 Å². The Hall–Kier alpha value is -1.66. The highest BCUT2D eigenvalue weighted by Crippen LogP contribution is 2.05. The van der Waals surface area contributed by atoms with Crippen LogP contribution >= 0.6 is 0 Å². The summed E-state index contributed by atoms with van der Waals surface area (Å²) in [5.41, 5.74) is 0.898. The second kappa shape index (κ2) is 7.06. The zero-order valence-electron chi connectivity index (χ0n) is 10.5. The van der Waals surface area contributed by atoms with Crippen LogP contribution in [0.15, 0.2) is 36.9 Å². The van der Waals surface area contributed by atoms with Crippen molar-refractivity contribution in [1.29, 1.82) is 0 Å². The Balaban J connectivity index is 2.51. The Bertz CT molecular complexity index is 534. The lowest BCUT2D eigenvalue weighted by Crippen LogP contribution is -2.25. The van der Waals surface area contributed by atoms with E-state index in [1.165, 1.54) is 12.1 Å². The molecule has 104 valence electrons. The molecule has 19 heavy (non-hydrogen) atoms. The summed E-state index contributed by atoms with van der Waals surface area (Å²) >= 11 is 0. The van der Waals surface area contributed by atoms with Crippen molar-refractivity contribution in [1.82, 2.24) is 4.72 Å². The predicted molar refractivity (Wildman–Crippen MR) is 73.5 cm³/mol. The summed E-state index contributed by atoms with van der Waals surface area (Å²) in [4.78, 5) is 10.7. The van der Waals surface area contributed by atoms with E-state index >= 15 is 0 Å². The second-order valence-corrected chi connectivity index (χ2v) is 6.00. The first-order chi connectivity index (χ1) is 8.94. The molecule has 2 N–H and O–H groups in total. The van der Waals surface area contributed by atoms with E-state index in [1.807, 2.05) is 0 Å². The zero-order valence-corrected chi connectivity index (χ0v) is 11.3. The third-order valence-corrected chi connectivity index (χ3v) is 3.93. The lowest BCUT2D eigenvalue weighted by molar-refractivity contribution is 0.0697. The third kappa shape index (κ3) is 5.67. The van der Waals surface area contributed by atoms with E-state index in [0.717, 1.165) is 5.56 Å². The molecule has 0 aliphatic rings. The summed E-state index contributed by atoms with van der Waals surface area (Å²) in [6, 6.07) is 6.08. The Morgan fingerprint density at radius 3 is 2.47 bits per heavy atom. The first-order valence-electron chi connectivity index (χ1n) is 5.85. The van der Waals surface area contributed by atoms with Crippen molar-refractivity contribution in [2.24, 2.45) is 0 Å². The minimum absolute atomic E-state index is 0.0617. The van der Waals surface area contributed by atoms with Crippen LogP contribution in [-0.2, 0) is 16.6 Å². The van der Waals surface area contributed by atoms with Crippen molar-refractivity contribution < 1.29 is 18.3 Å². The fourth-order valence-corrected chi connectivity index (χ4v) is 2.53. The fourth-order valence-electron chi connectivity index (χ4n) is 1.45. The lowest BCUT2D eigenvalue weighted by Gasteiger charge is -2.06. The number of carbonyl (C=O) groups is 1. The van der Waals surface area contributed by atoms with Crippen molar-refractivity contribution >= 4 is 16.0 Å². The molecule has 0 amide bonds. The van der Waals surface area contributed by atoms with Crippen LogP contribution in [0.2, 0.25) is 0 Å². The van der Waals surface area contributed by atoms with Gasteiger partial charge in [-0.05, 0) is 30.5 Å². The van der Waals surface area contributed by atoms with Gasteiger partial charge in [-0.25, -0.2) is 17.9 Å². The van der Waals surface area contributed by atoms with Crippen LogP contribution in [-0.4, -0.2) is 25.2 Å². The number of unbranched alkanes of at least 4 members (excludes halogenated alkanes) is 1. The molecule has 5 nitrogen and oxygen atoms in total. The quantitative estimate of drug-likeness (QED) is 0.562. The van der Waals surface area contributed by atoms with Gasteiger partial charge in [-0.3, -0.25) is 0 Å². The van der Waals surface area contributed by atoms with Gasteiger partial charge in [0.25, 0.3) is 0 Å². The topological polar surface area (TPSA) is 83.5 Å². The molecule has 0 fully saturated rings. The average molecular weight is 283 g/mol. The molecule has 0 unspecified atom stereocenters. The number of nitrogens with one attached hydrogen (secondary N) is 1. The summed E-state index contributed by atoms with van der Waals surface area (Å²) in [5.74, 6) is -0.941. The summed E-state index contributed by atoms with van der Waals surface area (Å²) < 4.78 is 25.7. The van der Waals surface area contributed by atoms with Gasteiger partial charge in [0, 0.05) is 6.54 Å². The number of aromatic carboxylic acids is 1. The second-order valence-electron chi connectivity index (χ2n) is 4.07. The smallest absolute Gasteiger partial charge is 0.335 e. The van der Waals surface area contributed by atoms with Crippen molar-refractivity contribution in [2.45, 2.75) is 19.4 Å². The molecule has 0 spiro atoms.